The molecule has 2 aromatic heterocycles. The standard InChI is InChI=1S/C11H8BrClN2O/c12-9-4-10(7-14-6-9)16-11-8(5-13)2-1-3-15-11/h1-4,6-7H,5H2. The highest BCUT2D eigenvalue weighted by Gasteiger charge is 2.05. The maximum absolute atomic E-state index is 5.78. The van der Waals surface area contributed by atoms with Gasteiger partial charge in [-0.2, -0.15) is 0 Å². The maximum atomic E-state index is 5.78. The first kappa shape index (κ1) is 11.4. The zero-order valence-electron chi connectivity index (χ0n) is 8.23. The van der Waals surface area contributed by atoms with Crippen molar-refractivity contribution in [2.45, 2.75) is 5.88 Å². The number of halogens is 2. The minimum atomic E-state index is 0.366. The maximum Gasteiger partial charge on any atom is 0.223 e. The molecule has 5 heteroatoms. The van der Waals surface area contributed by atoms with E-state index in [0.29, 0.717) is 17.5 Å². The van der Waals surface area contributed by atoms with Gasteiger partial charge in [-0.05, 0) is 28.1 Å². The third-order valence-electron chi connectivity index (χ3n) is 1.89. The molecule has 0 unspecified atom stereocenters. The molecule has 0 aliphatic rings. The number of alkyl halides is 1. The monoisotopic (exact) mass is 298 g/mol. The Labute approximate surface area is 107 Å². The lowest BCUT2D eigenvalue weighted by molar-refractivity contribution is 0.456. The fourth-order valence-corrected chi connectivity index (χ4v) is 1.72. The second kappa shape index (κ2) is 5.27. The van der Waals surface area contributed by atoms with E-state index in [1.54, 1.807) is 18.6 Å². The molecule has 0 bridgehead atoms. The molecule has 3 nitrogen and oxygen atoms in total. The zero-order valence-corrected chi connectivity index (χ0v) is 10.6. The van der Waals surface area contributed by atoms with Crippen molar-refractivity contribution in [1.82, 2.24) is 9.97 Å². The smallest absolute Gasteiger partial charge is 0.223 e. The van der Waals surface area contributed by atoms with Gasteiger partial charge in [-0.15, -0.1) is 11.6 Å². The topological polar surface area (TPSA) is 35.0 Å². The fourth-order valence-electron chi connectivity index (χ4n) is 1.18. The Balaban J connectivity index is 2.26. The number of hydrogen-bond acceptors (Lipinski definition) is 3. The van der Waals surface area contributed by atoms with Crippen LogP contribution >= 0.6 is 27.5 Å². The average molecular weight is 300 g/mol. The Bertz CT molecular complexity index is 493. The molecule has 0 amide bonds. The minimum absolute atomic E-state index is 0.366. The predicted octanol–water partition coefficient (Wildman–Crippen LogP) is 3.77. The highest BCUT2D eigenvalue weighted by Crippen LogP contribution is 2.25. The normalized spacial score (nSPS) is 10.1. The van der Waals surface area contributed by atoms with Crippen LogP contribution in [0.5, 0.6) is 11.6 Å². The third-order valence-corrected chi connectivity index (χ3v) is 2.61. The van der Waals surface area contributed by atoms with Crippen molar-refractivity contribution in [2.24, 2.45) is 0 Å². The molecule has 0 aromatic carbocycles. The lowest BCUT2D eigenvalue weighted by Gasteiger charge is -2.07. The molecule has 2 aromatic rings. The van der Waals surface area contributed by atoms with Crippen LogP contribution in [0.3, 0.4) is 0 Å². The molecular formula is C11H8BrClN2O. The van der Waals surface area contributed by atoms with Gasteiger partial charge < -0.3 is 4.74 Å². The van der Waals surface area contributed by atoms with Gasteiger partial charge in [0, 0.05) is 22.4 Å². The van der Waals surface area contributed by atoms with Crippen LogP contribution in [0.25, 0.3) is 0 Å². The fraction of sp³-hybridized carbons (Fsp3) is 0.0909. The largest absolute Gasteiger partial charge is 0.437 e. The number of rotatable bonds is 3. The van der Waals surface area contributed by atoms with Crippen molar-refractivity contribution < 1.29 is 4.74 Å². The number of hydrogen-bond donors (Lipinski definition) is 0. The lowest BCUT2D eigenvalue weighted by Crippen LogP contribution is -1.92. The quantitative estimate of drug-likeness (QED) is 0.809. The van der Waals surface area contributed by atoms with Crippen LogP contribution < -0.4 is 4.74 Å². The van der Waals surface area contributed by atoms with E-state index in [9.17, 15) is 0 Å². The summed E-state index contributed by atoms with van der Waals surface area (Å²) >= 11 is 9.11. The first-order chi connectivity index (χ1) is 7.79. The predicted molar refractivity (Wildman–Crippen MR) is 65.8 cm³/mol. The van der Waals surface area contributed by atoms with Gasteiger partial charge in [0.05, 0.1) is 12.1 Å². The highest BCUT2D eigenvalue weighted by molar-refractivity contribution is 9.10. The van der Waals surface area contributed by atoms with E-state index in [2.05, 4.69) is 25.9 Å². The van der Waals surface area contributed by atoms with E-state index in [0.717, 1.165) is 10.0 Å². The second-order valence-corrected chi connectivity index (χ2v) is 4.23. The minimum Gasteiger partial charge on any atom is -0.437 e. The van der Waals surface area contributed by atoms with E-state index in [-0.39, 0.29) is 0 Å². The van der Waals surface area contributed by atoms with Gasteiger partial charge in [0.1, 0.15) is 5.75 Å². The van der Waals surface area contributed by atoms with Crippen molar-refractivity contribution in [2.75, 3.05) is 0 Å². The summed E-state index contributed by atoms with van der Waals surface area (Å²) in [6.07, 6.45) is 4.97. The molecule has 0 aliphatic carbocycles. The van der Waals surface area contributed by atoms with Gasteiger partial charge in [0.2, 0.25) is 5.88 Å². The molecule has 2 rings (SSSR count). The Morgan fingerprint density at radius 1 is 1.38 bits per heavy atom. The molecule has 0 spiro atoms. The van der Waals surface area contributed by atoms with Gasteiger partial charge in [-0.1, -0.05) is 6.07 Å². The van der Waals surface area contributed by atoms with Crippen LogP contribution in [0, 0.1) is 0 Å². The molecule has 0 atom stereocenters. The van der Waals surface area contributed by atoms with Gasteiger partial charge in [0.25, 0.3) is 0 Å². The van der Waals surface area contributed by atoms with Crippen LogP contribution in [-0.2, 0) is 5.88 Å². The first-order valence-electron chi connectivity index (χ1n) is 4.58. The molecule has 82 valence electrons. The van der Waals surface area contributed by atoms with Crippen LogP contribution in [-0.4, -0.2) is 9.97 Å². The molecule has 0 radical (unpaired) electrons. The molecule has 0 aliphatic heterocycles. The van der Waals surface area contributed by atoms with Gasteiger partial charge in [-0.25, -0.2) is 4.98 Å². The molecule has 0 saturated carbocycles. The molecule has 16 heavy (non-hydrogen) atoms. The van der Waals surface area contributed by atoms with Crippen LogP contribution in [0.15, 0.2) is 41.3 Å². The summed E-state index contributed by atoms with van der Waals surface area (Å²) in [5.41, 5.74) is 0.851. The van der Waals surface area contributed by atoms with Crippen LogP contribution in [0.1, 0.15) is 5.56 Å². The highest BCUT2D eigenvalue weighted by atomic mass is 79.9. The molecule has 0 saturated heterocycles. The SMILES string of the molecule is ClCc1cccnc1Oc1cncc(Br)c1. The van der Waals surface area contributed by atoms with Crippen molar-refractivity contribution in [1.29, 1.82) is 0 Å². The van der Waals surface area contributed by atoms with Crippen molar-refractivity contribution in [3.63, 3.8) is 0 Å². The van der Waals surface area contributed by atoms with E-state index in [1.165, 1.54) is 0 Å². The van der Waals surface area contributed by atoms with Crippen LogP contribution in [0.2, 0.25) is 0 Å². The summed E-state index contributed by atoms with van der Waals surface area (Å²) in [6, 6.07) is 5.52. The van der Waals surface area contributed by atoms with Crippen molar-refractivity contribution in [3.05, 3.63) is 46.8 Å². The third kappa shape index (κ3) is 2.71. The van der Waals surface area contributed by atoms with Crippen molar-refractivity contribution in [3.8, 4) is 11.6 Å². The number of ether oxygens (including phenoxy) is 1. The summed E-state index contributed by atoms with van der Waals surface area (Å²) in [6.45, 7) is 0. The lowest BCUT2D eigenvalue weighted by atomic mass is 10.3. The first-order valence-corrected chi connectivity index (χ1v) is 5.90. The van der Waals surface area contributed by atoms with E-state index < -0.39 is 0 Å². The number of pyridine rings is 2. The number of aromatic nitrogens is 2. The average Bonchev–Trinajstić information content (AvgIpc) is 2.30. The van der Waals surface area contributed by atoms with Crippen LogP contribution in [0.4, 0.5) is 0 Å². The second-order valence-electron chi connectivity index (χ2n) is 3.04. The molecule has 0 fully saturated rings. The summed E-state index contributed by atoms with van der Waals surface area (Å²) in [4.78, 5) is 8.13. The van der Waals surface area contributed by atoms with Gasteiger partial charge in [0.15, 0.2) is 0 Å². The zero-order chi connectivity index (χ0) is 11.4. The summed E-state index contributed by atoms with van der Waals surface area (Å²) in [7, 11) is 0. The number of nitrogens with zero attached hydrogens (tertiary/aromatic N) is 2. The summed E-state index contributed by atoms with van der Waals surface area (Å²) in [5, 5.41) is 0. The Morgan fingerprint density at radius 2 is 2.25 bits per heavy atom. The van der Waals surface area contributed by atoms with Crippen molar-refractivity contribution >= 4 is 27.5 Å². The molecular weight excluding hydrogens is 291 g/mol. The Morgan fingerprint density at radius 3 is 3.00 bits per heavy atom. The van der Waals surface area contributed by atoms with E-state index in [1.807, 2.05) is 18.2 Å². The molecule has 2 heterocycles. The Kier molecular flexibility index (Phi) is 3.74. The Hall–Kier alpha value is -1.13. The molecule has 0 N–H and O–H groups in total. The van der Waals surface area contributed by atoms with E-state index in [4.69, 9.17) is 16.3 Å². The van der Waals surface area contributed by atoms with Gasteiger partial charge >= 0.3 is 0 Å². The summed E-state index contributed by atoms with van der Waals surface area (Å²) in [5.74, 6) is 1.50. The summed E-state index contributed by atoms with van der Waals surface area (Å²) < 4.78 is 6.45. The van der Waals surface area contributed by atoms with Gasteiger partial charge in [-0.3, -0.25) is 4.98 Å². The van der Waals surface area contributed by atoms with E-state index >= 15 is 0 Å².